The zero-order chi connectivity index (χ0) is 35.6. The summed E-state index contributed by atoms with van der Waals surface area (Å²) in [5.74, 6) is -1.19. The minimum atomic E-state index is -0.802. The number of ether oxygens (including phenoxy) is 1. The topological polar surface area (TPSA) is 63.6 Å². The number of hydrogen-bond acceptors (Lipinski definition) is 4. The van der Waals surface area contributed by atoms with Crippen molar-refractivity contribution < 1.29 is 23.9 Å². The molecule has 0 aromatic rings. The molecule has 1 N–H and O–H groups in total. The summed E-state index contributed by atoms with van der Waals surface area (Å²) in [4.78, 5) is 25.5. The maximum Gasteiger partial charge on any atom is 0.316 e. The third-order valence-corrected chi connectivity index (χ3v) is 9.68. The average molecular weight is 679 g/mol. The molecule has 48 heavy (non-hydrogen) atoms. The van der Waals surface area contributed by atoms with Crippen molar-refractivity contribution in [2.24, 2.45) is 5.92 Å². The summed E-state index contributed by atoms with van der Waals surface area (Å²) in [5, 5.41) is 10.3. The fraction of sp³-hybridized carbons (Fsp3) is 0.907. The molecule has 0 aromatic heterocycles. The molecule has 0 saturated carbocycles. The van der Waals surface area contributed by atoms with Gasteiger partial charge in [0.1, 0.15) is 12.6 Å². The summed E-state index contributed by atoms with van der Waals surface area (Å²) < 4.78 is 5.85. The third kappa shape index (κ3) is 34.7. The number of nitrogens with zero attached hydrogens (tertiary/aromatic N) is 1. The second-order valence-electron chi connectivity index (χ2n) is 15.9. The maximum atomic E-state index is 13.0. The Kier molecular flexibility index (Phi) is 33.4. The van der Waals surface area contributed by atoms with Crippen LogP contribution in [0.5, 0.6) is 0 Å². The quantitative estimate of drug-likeness (QED) is 0.0235. The molecule has 0 amide bonds. The van der Waals surface area contributed by atoms with Crippen molar-refractivity contribution in [2.45, 2.75) is 219 Å². The Morgan fingerprint density at radius 1 is 0.542 bits per heavy atom. The number of quaternary nitrogens is 1. The Bertz CT molecular complexity index is 744. The van der Waals surface area contributed by atoms with Crippen LogP contribution in [0.25, 0.3) is 0 Å². The molecule has 5 heteroatoms. The van der Waals surface area contributed by atoms with Crippen molar-refractivity contribution >= 4 is 11.9 Å². The Labute approximate surface area is 300 Å². The van der Waals surface area contributed by atoms with E-state index >= 15 is 0 Å². The van der Waals surface area contributed by atoms with E-state index in [9.17, 15) is 14.7 Å². The van der Waals surface area contributed by atoms with E-state index in [-0.39, 0.29) is 18.3 Å². The number of carbonyl (C=O) groups excluding carboxylic acids is 2. The number of hydrogen-bond donors (Lipinski definition) is 1. The van der Waals surface area contributed by atoms with Gasteiger partial charge in [-0.05, 0) is 38.5 Å². The van der Waals surface area contributed by atoms with Gasteiger partial charge in [0, 0.05) is 0 Å². The molecule has 0 aromatic carbocycles. The minimum Gasteiger partial charge on any atom is -0.393 e. The number of likely N-dealkylation sites (N-methyl/N-ethyl adjacent to an activating group) is 1. The number of aliphatic hydroxyl groups is 1. The zero-order valence-corrected chi connectivity index (χ0v) is 33.1. The van der Waals surface area contributed by atoms with Gasteiger partial charge in [-0.25, -0.2) is 0 Å². The molecular weight excluding hydrogens is 594 g/mol. The molecule has 0 bridgehead atoms. The van der Waals surface area contributed by atoms with Gasteiger partial charge in [0.2, 0.25) is 0 Å². The van der Waals surface area contributed by atoms with Gasteiger partial charge in [-0.3, -0.25) is 9.59 Å². The predicted molar refractivity (Wildman–Crippen MR) is 207 cm³/mol. The van der Waals surface area contributed by atoms with Gasteiger partial charge in [-0.2, -0.15) is 0 Å². The fourth-order valence-electron chi connectivity index (χ4n) is 6.73. The highest BCUT2D eigenvalue weighted by molar-refractivity contribution is 5.86. The van der Waals surface area contributed by atoms with E-state index in [0.29, 0.717) is 11.0 Å². The van der Waals surface area contributed by atoms with Gasteiger partial charge < -0.3 is 14.3 Å². The average Bonchev–Trinajstić information content (AvgIpc) is 3.02. The number of allylic oxidation sites excluding steroid dienone is 2. The van der Waals surface area contributed by atoms with Crippen LogP contribution in [0.3, 0.4) is 0 Å². The highest BCUT2D eigenvalue weighted by atomic mass is 16.6. The molecule has 0 spiro atoms. The Morgan fingerprint density at radius 3 is 1.23 bits per heavy atom. The second kappa shape index (κ2) is 34.3. The highest BCUT2D eigenvalue weighted by Gasteiger charge is 2.25. The molecule has 2 atom stereocenters. The van der Waals surface area contributed by atoms with Crippen LogP contribution < -0.4 is 0 Å². The lowest BCUT2D eigenvalue weighted by atomic mass is 9.94. The molecule has 0 aliphatic heterocycles. The Morgan fingerprint density at radius 2 is 0.875 bits per heavy atom. The summed E-state index contributed by atoms with van der Waals surface area (Å²) in [6.07, 6.45) is 41.6. The number of rotatable bonds is 36. The lowest BCUT2D eigenvalue weighted by molar-refractivity contribution is -0.873. The van der Waals surface area contributed by atoms with Crippen molar-refractivity contribution in [1.82, 2.24) is 0 Å². The summed E-state index contributed by atoms with van der Waals surface area (Å²) in [6, 6.07) is 0. The van der Waals surface area contributed by atoms with Gasteiger partial charge in [0.05, 0.1) is 33.5 Å². The maximum absolute atomic E-state index is 13.0. The lowest BCUT2D eigenvalue weighted by Gasteiger charge is -2.26. The van der Waals surface area contributed by atoms with E-state index in [2.05, 4.69) is 26.0 Å². The van der Waals surface area contributed by atoms with Gasteiger partial charge in [-0.1, -0.05) is 180 Å². The molecule has 0 heterocycles. The molecule has 0 aliphatic carbocycles. The van der Waals surface area contributed by atoms with E-state index < -0.39 is 12.1 Å². The van der Waals surface area contributed by atoms with Crippen LogP contribution in [-0.4, -0.2) is 55.3 Å². The molecule has 0 saturated heterocycles. The Balaban J connectivity index is 4.27. The summed E-state index contributed by atoms with van der Waals surface area (Å²) in [5.41, 5.74) is 0. The predicted octanol–water partition coefficient (Wildman–Crippen LogP) is 12.4. The first-order valence-electron chi connectivity index (χ1n) is 21.1. The van der Waals surface area contributed by atoms with E-state index in [4.69, 9.17) is 4.74 Å². The van der Waals surface area contributed by atoms with Crippen LogP contribution in [0, 0.1) is 5.92 Å². The van der Waals surface area contributed by atoms with E-state index in [1.807, 2.05) is 21.1 Å². The van der Waals surface area contributed by atoms with Crippen LogP contribution in [-0.2, 0) is 14.3 Å². The summed E-state index contributed by atoms with van der Waals surface area (Å²) in [6.45, 7) is 4.99. The standard InChI is InChI=1S/C43H84NO4/c1-6-8-10-12-14-16-18-20-22-23-25-27-29-31-33-35-37-40(43(47)48-42(46)38-41(45)39-44(3,4)5)36-34-32-30-28-26-24-21-19-17-15-13-11-9-7-2/h21,24,40-41,45H,6-20,22-23,25-39H2,1-5H3/q+1/b24-21-. The number of carbonyl (C=O) groups is 2. The van der Waals surface area contributed by atoms with Gasteiger partial charge >= 0.3 is 11.9 Å². The molecule has 0 fully saturated rings. The van der Waals surface area contributed by atoms with Crippen LogP contribution in [0.2, 0.25) is 0 Å². The second-order valence-corrected chi connectivity index (χ2v) is 15.9. The van der Waals surface area contributed by atoms with Gasteiger partial charge in [-0.15, -0.1) is 0 Å². The van der Waals surface area contributed by atoms with E-state index in [0.717, 1.165) is 44.9 Å². The van der Waals surface area contributed by atoms with Crippen molar-refractivity contribution in [2.75, 3.05) is 27.7 Å². The third-order valence-electron chi connectivity index (χ3n) is 9.68. The normalized spacial score (nSPS) is 13.3. The van der Waals surface area contributed by atoms with Crippen LogP contribution in [0.4, 0.5) is 0 Å². The number of esters is 2. The van der Waals surface area contributed by atoms with E-state index in [1.165, 1.54) is 148 Å². The van der Waals surface area contributed by atoms with Crippen molar-refractivity contribution in [3.05, 3.63) is 12.2 Å². The number of aliphatic hydroxyl groups excluding tert-OH is 1. The van der Waals surface area contributed by atoms with Gasteiger partial charge in [0.25, 0.3) is 0 Å². The Hall–Kier alpha value is -1.20. The fourth-order valence-corrected chi connectivity index (χ4v) is 6.73. The molecule has 284 valence electrons. The molecule has 5 nitrogen and oxygen atoms in total. The largest absolute Gasteiger partial charge is 0.393 e. The first-order chi connectivity index (χ1) is 23.2. The molecular formula is C43H84NO4+. The molecule has 0 aliphatic rings. The highest BCUT2D eigenvalue weighted by Crippen LogP contribution is 2.22. The van der Waals surface area contributed by atoms with E-state index in [1.54, 1.807) is 0 Å². The van der Waals surface area contributed by atoms with Crippen molar-refractivity contribution in [1.29, 1.82) is 0 Å². The van der Waals surface area contributed by atoms with Gasteiger partial charge in [0.15, 0.2) is 0 Å². The first kappa shape index (κ1) is 46.8. The molecule has 0 radical (unpaired) electrons. The lowest BCUT2D eigenvalue weighted by Crippen LogP contribution is -2.42. The first-order valence-corrected chi connectivity index (χ1v) is 21.1. The molecule has 2 unspecified atom stereocenters. The van der Waals surface area contributed by atoms with Crippen molar-refractivity contribution in [3.63, 3.8) is 0 Å². The van der Waals surface area contributed by atoms with Crippen LogP contribution >= 0.6 is 0 Å². The summed E-state index contributed by atoms with van der Waals surface area (Å²) in [7, 11) is 5.92. The SMILES string of the molecule is CCCCCCCC/C=C\CCCCCCC(CCCCCCCCCCCCCCCCCC)C(=O)OC(=O)CC(O)C[N+](C)(C)C. The summed E-state index contributed by atoms with van der Waals surface area (Å²) >= 11 is 0. The van der Waals surface area contributed by atoms with Crippen LogP contribution in [0.15, 0.2) is 12.2 Å². The molecule has 0 rings (SSSR count). The number of unbranched alkanes of at least 4 members (excludes halogenated alkanes) is 25. The monoisotopic (exact) mass is 679 g/mol. The van der Waals surface area contributed by atoms with Crippen LogP contribution in [0.1, 0.15) is 213 Å². The minimum absolute atomic E-state index is 0.126. The smallest absolute Gasteiger partial charge is 0.316 e. The zero-order valence-electron chi connectivity index (χ0n) is 33.1. The van der Waals surface area contributed by atoms with Crippen molar-refractivity contribution in [3.8, 4) is 0 Å².